The fourth-order valence-electron chi connectivity index (χ4n) is 3.34. The summed E-state index contributed by atoms with van der Waals surface area (Å²) in [5.41, 5.74) is 2.37. The molecule has 5 rings (SSSR count). The lowest BCUT2D eigenvalue weighted by Gasteiger charge is -2.14. The van der Waals surface area contributed by atoms with Gasteiger partial charge in [-0.2, -0.15) is 0 Å². The zero-order chi connectivity index (χ0) is 22.2. The van der Waals surface area contributed by atoms with Crippen molar-refractivity contribution in [2.24, 2.45) is 4.99 Å². The molecule has 0 saturated carbocycles. The maximum absolute atomic E-state index is 13.9. The number of nitrogens with zero attached hydrogens (tertiary/aromatic N) is 3. The number of carbonyl (C=O) groups is 1. The molecule has 0 saturated heterocycles. The first-order valence-electron chi connectivity index (χ1n) is 9.63. The number of hydrogen-bond donors (Lipinski definition) is 0. The molecule has 0 N–H and O–H groups in total. The molecule has 1 amide bonds. The van der Waals surface area contributed by atoms with E-state index in [-0.39, 0.29) is 16.6 Å². The number of benzene rings is 3. The van der Waals surface area contributed by atoms with E-state index in [4.69, 9.17) is 16.3 Å². The van der Waals surface area contributed by atoms with Gasteiger partial charge in [-0.1, -0.05) is 65.4 Å². The smallest absolute Gasteiger partial charge is 0.284 e. The average Bonchev–Trinajstić information content (AvgIpc) is 3.35. The molecule has 5 nitrogen and oxygen atoms in total. The number of ether oxygens (including phenoxy) is 1. The molecule has 0 atom stereocenters. The Bertz CT molecular complexity index is 1360. The third kappa shape index (κ3) is 3.66. The van der Waals surface area contributed by atoms with Crippen LogP contribution in [0.15, 0.2) is 77.4 Å². The predicted molar refractivity (Wildman–Crippen MR) is 126 cm³/mol. The highest BCUT2D eigenvalue weighted by Gasteiger charge is 2.34. The van der Waals surface area contributed by atoms with E-state index >= 15 is 0 Å². The topological polar surface area (TPSA) is 54.8 Å². The monoisotopic (exact) mass is 463 g/mol. The van der Waals surface area contributed by atoms with Crippen molar-refractivity contribution in [3.63, 3.8) is 0 Å². The Morgan fingerprint density at radius 2 is 1.84 bits per heavy atom. The summed E-state index contributed by atoms with van der Waals surface area (Å²) in [5.74, 6) is 0.339. The van der Waals surface area contributed by atoms with E-state index in [1.807, 2.05) is 54.6 Å². The van der Waals surface area contributed by atoms with Gasteiger partial charge in [0.25, 0.3) is 5.91 Å². The summed E-state index contributed by atoms with van der Waals surface area (Å²) in [6, 6.07) is 19.5. The standard InChI is InChI=1S/C24H15ClFN3O2S/c1-31-16-9-7-14(8-10-16)11-20-23(30)29(22(27-20)15-5-3-2-4-6-15)24-28-19-12-17(25)18(26)13-21(19)32-24/h2-13H,1H3/b20-11-. The molecule has 0 fully saturated rings. The molecule has 0 radical (unpaired) electrons. The highest BCUT2D eigenvalue weighted by atomic mass is 35.5. The van der Waals surface area contributed by atoms with Gasteiger partial charge in [0.05, 0.1) is 22.3 Å². The van der Waals surface area contributed by atoms with Crippen LogP contribution in [-0.2, 0) is 4.79 Å². The lowest BCUT2D eigenvalue weighted by Crippen LogP contribution is -2.32. The quantitative estimate of drug-likeness (QED) is 0.352. The Morgan fingerprint density at radius 3 is 2.56 bits per heavy atom. The van der Waals surface area contributed by atoms with E-state index in [2.05, 4.69) is 9.98 Å². The van der Waals surface area contributed by atoms with E-state index in [1.165, 1.54) is 28.4 Å². The molecule has 158 valence electrons. The van der Waals surface area contributed by atoms with Crippen LogP contribution >= 0.6 is 22.9 Å². The Kier molecular flexibility index (Phi) is 5.20. The highest BCUT2D eigenvalue weighted by Crippen LogP contribution is 2.36. The van der Waals surface area contributed by atoms with Crippen LogP contribution in [0.1, 0.15) is 11.1 Å². The molecule has 0 aliphatic carbocycles. The van der Waals surface area contributed by atoms with Gasteiger partial charge in [-0.3, -0.25) is 4.79 Å². The van der Waals surface area contributed by atoms with Crippen molar-refractivity contribution < 1.29 is 13.9 Å². The summed E-state index contributed by atoms with van der Waals surface area (Å²) < 4.78 is 19.7. The summed E-state index contributed by atoms with van der Waals surface area (Å²) >= 11 is 7.12. The molecular weight excluding hydrogens is 449 g/mol. The Hall–Kier alpha value is -3.55. The zero-order valence-corrected chi connectivity index (χ0v) is 18.3. The highest BCUT2D eigenvalue weighted by molar-refractivity contribution is 7.22. The maximum Gasteiger partial charge on any atom is 0.284 e. The number of aromatic nitrogens is 1. The van der Waals surface area contributed by atoms with Crippen LogP contribution in [0.25, 0.3) is 16.3 Å². The summed E-state index contributed by atoms with van der Waals surface area (Å²) in [7, 11) is 1.60. The van der Waals surface area contributed by atoms with Crippen molar-refractivity contribution in [1.29, 1.82) is 0 Å². The summed E-state index contributed by atoms with van der Waals surface area (Å²) in [4.78, 5) is 24.0. The number of hydrogen-bond acceptors (Lipinski definition) is 5. The van der Waals surface area contributed by atoms with E-state index in [0.717, 1.165) is 16.9 Å². The third-order valence-corrected chi connectivity index (χ3v) is 6.22. The number of anilines is 1. The molecule has 32 heavy (non-hydrogen) atoms. The van der Waals surface area contributed by atoms with Crippen LogP contribution in [-0.4, -0.2) is 23.8 Å². The molecule has 0 spiro atoms. The number of methoxy groups -OCH3 is 1. The van der Waals surface area contributed by atoms with Crippen LogP contribution in [0.3, 0.4) is 0 Å². The molecule has 1 aliphatic rings. The minimum atomic E-state index is -0.529. The molecule has 1 aliphatic heterocycles. The van der Waals surface area contributed by atoms with Gasteiger partial charge in [0.15, 0.2) is 5.13 Å². The van der Waals surface area contributed by atoms with Gasteiger partial charge in [-0.25, -0.2) is 19.3 Å². The lowest BCUT2D eigenvalue weighted by molar-refractivity contribution is -0.113. The second kappa shape index (κ2) is 8.18. The second-order valence-corrected chi connectivity index (χ2v) is 8.39. The van der Waals surface area contributed by atoms with Gasteiger partial charge in [0.2, 0.25) is 0 Å². The Balaban J connectivity index is 1.61. The van der Waals surface area contributed by atoms with Crippen molar-refractivity contribution in [2.45, 2.75) is 0 Å². The van der Waals surface area contributed by atoms with Crippen LogP contribution in [0.2, 0.25) is 5.02 Å². The Labute approximate surface area is 192 Å². The van der Waals surface area contributed by atoms with Crippen molar-refractivity contribution in [2.75, 3.05) is 12.0 Å². The van der Waals surface area contributed by atoms with Crippen LogP contribution in [0.5, 0.6) is 5.75 Å². The molecule has 0 bridgehead atoms. The fourth-order valence-corrected chi connectivity index (χ4v) is 4.47. The molecule has 2 heterocycles. The fraction of sp³-hybridized carbons (Fsp3) is 0.0417. The number of aliphatic imine (C=N–C) groups is 1. The summed E-state index contributed by atoms with van der Waals surface area (Å²) in [5, 5.41) is 0.381. The molecule has 8 heteroatoms. The molecule has 1 aromatic heterocycles. The lowest BCUT2D eigenvalue weighted by atomic mass is 10.2. The summed E-state index contributed by atoms with van der Waals surface area (Å²) in [6.45, 7) is 0. The number of amides is 1. The number of thiazole rings is 1. The minimum absolute atomic E-state index is 0.0147. The average molecular weight is 464 g/mol. The summed E-state index contributed by atoms with van der Waals surface area (Å²) in [6.07, 6.45) is 1.72. The Morgan fingerprint density at radius 1 is 1.09 bits per heavy atom. The van der Waals surface area contributed by atoms with E-state index < -0.39 is 5.82 Å². The number of halogens is 2. The number of amidine groups is 1. The van der Waals surface area contributed by atoms with Crippen LogP contribution < -0.4 is 9.64 Å². The van der Waals surface area contributed by atoms with Crippen molar-refractivity contribution in [3.8, 4) is 5.75 Å². The zero-order valence-electron chi connectivity index (χ0n) is 16.8. The number of rotatable bonds is 4. The van der Waals surface area contributed by atoms with Gasteiger partial charge < -0.3 is 4.74 Å². The third-order valence-electron chi connectivity index (χ3n) is 4.92. The van der Waals surface area contributed by atoms with Crippen molar-refractivity contribution in [3.05, 3.63) is 94.4 Å². The van der Waals surface area contributed by atoms with E-state index in [0.29, 0.717) is 21.2 Å². The number of carbonyl (C=O) groups excluding carboxylic acids is 1. The second-order valence-electron chi connectivity index (χ2n) is 6.98. The van der Waals surface area contributed by atoms with Gasteiger partial charge in [-0.15, -0.1) is 0 Å². The first-order chi connectivity index (χ1) is 15.5. The van der Waals surface area contributed by atoms with E-state index in [1.54, 1.807) is 13.2 Å². The van der Waals surface area contributed by atoms with Gasteiger partial charge in [-0.05, 0) is 35.9 Å². The van der Waals surface area contributed by atoms with Crippen molar-refractivity contribution >= 4 is 56.1 Å². The largest absolute Gasteiger partial charge is 0.497 e. The van der Waals surface area contributed by atoms with Gasteiger partial charge in [0.1, 0.15) is 23.1 Å². The number of fused-ring (bicyclic) bond motifs is 1. The van der Waals surface area contributed by atoms with Gasteiger partial charge >= 0.3 is 0 Å². The van der Waals surface area contributed by atoms with Crippen molar-refractivity contribution in [1.82, 2.24) is 4.98 Å². The normalized spacial score (nSPS) is 15.0. The molecular formula is C24H15ClFN3O2S. The van der Waals surface area contributed by atoms with E-state index in [9.17, 15) is 9.18 Å². The maximum atomic E-state index is 13.9. The predicted octanol–water partition coefficient (Wildman–Crippen LogP) is 5.93. The van der Waals surface area contributed by atoms with Crippen LogP contribution in [0.4, 0.5) is 9.52 Å². The molecule has 0 unspecified atom stereocenters. The first kappa shape index (κ1) is 20.4. The molecule has 3 aromatic carbocycles. The van der Waals surface area contributed by atoms with Gasteiger partial charge in [0, 0.05) is 5.56 Å². The molecule has 4 aromatic rings. The minimum Gasteiger partial charge on any atom is -0.497 e. The first-order valence-corrected chi connectivity index (χ1v) is 10.8. The SMILES string of the molecule is COc1ccc(/C=C2\N=C(c3ccccc3)N(c3nc4cc(Cl)c(F)cc4s3)C2=O)cc1. The van der Waals surface area contributed by atoms with Crippen LogP contribution in [0, 0.1) is 5.82 Å².